The predicted molar refractivity (Wildman–Crippen MR) is 167 cm³/mol. The predicted octanol–water partition coefficient (Wildman–Crippen LogP) is 11.1. The molecular weight excluding hydrogens is 483 g/mol. The molecule has 0 aliphatic carbocycles. The molecular formula is C31H67O3PS. The fourth-order valence-electron chi connectivity index (χ4n) is 5.94. The van der Waals surface area contributed by atoms with Crippen LogP contribution in [0.4, 0.5) is 0 Å². The fraction of sp³-hybridized carbons (Fsp3) is 1.00. The van der Waals surface area contributed by atoms with Gasteiger partial charge in [-0.1, -0.05) is 39.0 Å². The van der Waals surface area contributed by atoms with Gasteiger partial charge in [0, 0.05) is 0 Å². The van der Waals surface area contributed by atoms with Crippen molar-refractivity contribution in [1.29, 1.82) is 0 Å². The van der Waals surface area contributed by atoms with Gasteiger partial charge in [0.25, 0.3) is 0 Å². The molecule has 0 amide bonds. The number of rotatable bonds is 28. The second-order valence-corrected chi connectivity index (χ2v) is 19.4. The molecule has 0 aromatic heterocycles. The van der Waals surface area contributed by atoms with E-state index in [2.05, 4.69) is 27.7 Å². The zero-order valence-corrected chi connectivity index (χ0v) is 27.2. The molecule has 0 aliphatic heterocycles. The first-order valence-corrected chi connectivity index (χ1v) is 20.9. The van der Waals surface area contributed by atoms with Crippen LogP contribution in [0.15, 0.2) is 0 Å². The van der Waals surface area contributed by atoms with Gasteiger partial charge < -0.3 is 0 Å². The average molecular weight is 551 g/mol. The van der Waals surface area contributed by atoms with Gasteiger partial charge >= 0.3 is 190 Å². The van der Waals surface area contributed by atoms with Crippen LogP contribution in [0.25, 0.3) is 0 Å². The molecule has 36 heavy (non-hydrogen) atoms. The summed E-state index contributed by atoms with van der Waals surface area (Å²) < 4.78 is 31.4. The molecule has 0 N–H and O–H groups in total. The van der Waals surface area contributed by atoms with Crippen molar-refractivity contribution in [2.75, 3.05) is 30.9 Å². The van der Waals surface area contributed by atoms with Crippen molar-refractivity contribution in [3.05, 3.63) is 0 Å². The van der Waals surface area contributed by atoms with Gasteiger partial charge in [-0.05, 0) is 0 Å². The van der Waals surface area contributed by atoms with Gasteiger partial charge in [-0.2, -0.15) is 0 Å². The van der Waals surface area contributed by atoms with Gasteiger partial charge in [0.05, 0.1) is 0 Å². The standard InChI is InChI=1S/C31H67O3PS/c1-6-10-14-15-16-17-18-19-20-21-22-23-24-25-26-27-31-35(28-11-7-2,29-12-8-3,30-13-9-4)34-36(5,32)33/h6-31H2,1-5H3. The molecule has 0 radical (unpaired) electrons. The van der Waals surface area contributed by atoms with Crippen LogP contribution >= 0.6 is 6.83 Å². The monoisotopic (exact) mass is 550 g/mol. The molecule has 0 unspecified atom stereocenters. The summed E-state index contributed by atoms with van der Waals surface area (Å²) >= 11 is 0. The Labute approximate surface area is 228 Å². The Morgan fingerprint density at radius 2 is 0.667 bits per heavy atom. The number of hydrogen-bond acceptors (Lipinski definition) is 3. The molecule has 0 aliphatic rings. The van der Waals surface area contributed by atoms with Crippen LogP contribution in [0.1, 0.15) is 169 Å². The molecule has 0 fully saturated rings. The zero-order chi connectivity index (χ0) is 27.0. The number of hydrogen-bond donors (Lipinski definition) is 0. The van der Waals surface area contributed by atoms with E-state index in [1.807, 2.05) is 0 Å². The third kappa shape index (κ3) is 18.6. The van der Waals surface area contributed by atoms with E-state index in [0.29, 0.717) is 0 Å². The van der Waals surface area contributed by atoms with Gasteiger partial charge in [-0.25, -0.2) is 0 Å². The molecule has 0 heterocycles. The van der Waals surface area contributed by atoms with Crippen LogP contribution in [0, 0.1) is 0 Å². The van der Waals surface area contributed by atoms with Crippen LogP contribution in [0.5, 0.6) is 0 Å². The van der Waals surface area contributed by atoms with E-state index < -0.39 is 16.9 Å². The summed E-state index contributed by atoms with van der Waals surface area (Å²) in [5, 5.41) is 0. The summed E-state index contributed by atoms with van der Waals surface area (Å²) in [5.74, 6) is 0. The summed E-state index contributed by atoms with van der Waals surface area (Å²) in [5.41, 5.74) is 0. The Morgan fingerprint density at radius 3 is 0.944 bits per heavy atom. The second kappa shape index (κ2) is 22.2. The van der Waals surface area contributed by atoms with E-state index in [9.17, 15) is 8.42 Å². The normalized spacial score (nSPS) is 13.6. The molecule has 220 valence electrons. The summed E-state index contributed by atoms with van der Waals surface area (Å²) in [6.45, 7) is 6.22. The van der Waals surface area contributed by atoms with E-state index in [-0.39, 0.29) is 0 Å². The fourth-order valence-corrected chi connectivity index (χ4v) is 15.9. The Hall–Kier alpha value is 0.340. The Balaban J connectivity index is 4.44. The van der Waals surface area contributed by atoms with Gasteiger partial charge in [-0.3, -0.25) is 0 Å². The molecule has 0 spiro atoms. The van der Waals surface area contributed by atoms with Crippen LogP contribution in [0.3, 0.4) is 0 Å². The van der Waals surface area contributed by atoms with E-state index in [0.717, 1.165) is 69.6 Å². The molecule has 0 rings (SSSR count). The first-order valence-electron chi connectivity index (χ1n) is 16.2. The van der Waals surface area contributed by atoms with Crippen molar-refractivity contribution in [2.45, 2.75) is 169 Å². The molecule has 0 atom stereocenters. The molecule has 3 nitrogen and oxygen atoms in total. The summed E-state index contributed by atoms with van der Waals surface area (Å²) in [4.78, 5) is 0. The first-order chi connectivity index (χ1) is 17.3. The summed E-state index contributed by atoms with van der Waals surface area (Å²) in [6, 6.07) is 0. The van der Waals surface area contributed by atoms with Crippen molar-refractivity contribution in [3.63, 3.8) is 0 Å². The molecule has 5 heteroatoms. The summed E-state index contributed by atoms with van der Waals surface area (Å²) in [7, 11) is -3.45. The van der Waals surface area contributed by atoms with E-state index in [1.165, 1.54) is 103 Å². The quantitative estimate of drug-likeness (QED) is 0.0718. The van der Waals surface area contributed by atoms with Gasteiger partial charge in [0.1, 0.15) is 0 Å². The number of unbranched alkanes of at least 4 members (excludes halogenated alkanes) is 18. The SMILES string of the molecule is CCCCCCCCCCCCCCCCCCP(CCCC)(CCCC)(CCCC)OS(C)(=O)=O. The van der Waals surface area contributed by atoms with Gasteiger partial charge in [-0.15, -0.1) is 0 Å². The van der Waals surface area contributed by atoms with Gasteiger partial charge in [0.15, 0.2) is 0 Å². The van der Waals surface area contributed by atoms with Crippen molar-refractivity contribution in [3.8, 4) is 0 Å². The van der Waals surface area contributed by atoms with Gasteiger partial charge in [0.2, 0.25) is 0 Å². The van der Waals surface area contributed by atoms with Crippen LogP contribution in [-0.2, 0) is 14.1 Å². The zero-order valence-electron chi connectivity index (χ0n) is 25.5. The molecule has 0 aromatic rings. The van der Waals surface area contributed by atoms with Crippen LogP contribution in [-0.4, -0.2) is 39.3 Å². The molecule has 0 bridgehead atoms. The van der Waals surface area contributed by atoms with Crippen molar-refractivity contribution < 1.29 is 12.4 Å². The second-order valence-electron chi connectivity index (χ2n) is 11.9. The molecule has 0 aromatic carbocycles. The third-order valence-corrected chi connectivity index (χ3v) is 16.7. The van der Waals surface area contributed by atoms with E-state index in [1.54, 1.807) is 0 Å². The van der Waals surface area contributed by atoms with Crippen molar-refractivity contribution >= 4 is 16.9 Å². The van der Waals surface area contributed by atoms with Crippen molar-refractivity contribution in [2.24, 2.45) is 0 Å². The first kappa shape index (κ1) is 36.3. The third-order valence-electron chi connectivity index (χ3n) is 8.16. The van der Waals surface area contributed by atoms with Crippen LogP contribution < -0.4 is 0 Å². The summed E-state index contributed by atoms with van der Waals surface area (Å²) in [6.07, 6.45) is 33.9. The van der Waals surface area contributed by atoms with Crippen LogP contribution in [0.2, 0.25) is 0 Å². The Bertz CT molecular complexity index is 566. The molecule has 0 saturated carbocycles. The minimum atomic E-state index is -3.45. The maximum absolute atomic E-state index is 12.5. The minimum absolute atomic E-state index is 1.01. The van der Waals surface area contributed by atoms with E-state index in [4.69, 9.17) is 3.97 Å². The Kier molecular flexibility index (Phi) is 22.4. The van der Waals surface area contributed by atoms with Crippen molar-refractivity contribution in [1.82, 2.24) is 0 Å². The topological polar surface area (TPSA) is 43.4 Å². The van der Waals surface area contributed by atoms with E-state index >= 15 is 0 Å². The maximum atomic E-state index is 12.5. The molecule has 0 saturated heterocycles. The average Bonchev–Trinajstić information content (AvgIpc) is 2.84. The Morgan fingerprint density at radius 1 is 0.417 bits per heavy atom.